The minimum absolute atomic E-state index is 1.18. The maximum absolute atomic E-state index is 3.07. The zero-order chi connectivity index (χ0) is 16.9. The van der Waals surface area contributed by atoms with Crippen molar-refractivity contribution in [1.82, 2.24) is 5.32 Å². The summed E-state index contributed by atoms with van der Waals surface area (Å²) < 4.78 is 0. The second-order valence-electron chi connectivity index (χ2n) is 5.85. The summed E-state index contributed by atoms with van der Waals surface area (Å²) in [5.74, 6) is 0. The van der Waals surface area contributed by atoms with Crippen molar-refractivity contribution in [2.75, 3.05) is 26.0 Å². The summed E-state index contributed by atoms with van der Waals surface area (Å²) in [5.41, 5.74) is 3.74. The molecule has 0 amide bonds. The molecule has 0 radical (unpaired) electrons. The summed E-state index contributed by atoms with van der Waals surface area (Å²) in [6.07, 6.45) is 2.00. The molecule has 0 saturated heterocycles. The van der Waals surface area contributed by atoms with E-state index >= 15 is 0 Å². The van der Waals surface area contributed by atoms with E-state index in [1.54, 1.807) is 11.3 Å². The van der Waals surface area contributed by atoms with Crippen LogP contribution in [0.2, 0.25) is 0 Å². The molecule has 1 N–H and O–H groups in total. The summed E-state index contributed by atoms with van der Waals surface area (Å²) in [7, 11) is 6.05. The zero-order valence-corrected chi connectivity index (χ0v) is 15.1. The van der Waals surface area contributed by atoms with Crippen LogP contribution in [0.5, 0.6) is 0 Å². The molecule has 24 heavy (non-hydrogen) atoms. The van der Waals surface area contributed by atoms with Crippen LogP contribution in [0.4, 0.5) is 5.69 Å². The van der Waals surface area contributed by atoms with Gasteiger partial charge in [0.15, 0.2) is 0 Å². The minimum atomic E-state index is 1.18. The van der Waals surface area contributed by atoms with Gasteiger partial charge in [-0.3, -0.25) is 0 Å². The van der Waals surface area contributed by atoms with Gasteiger partial charge in [-0.25, -0.2) is 0 Å². The van der Waals surface area contributed by atoms with Crippen LogP contribution >= 0.6 is 11.3 Å². The summed E-state index contributed by atoms with van der Waals surface area (Å²) in [4.78, 5) is 3.41. The lowest BCUT2D eigenvalue weighted by molar-refractivity contribution is 1.13. The molecule has 2 nitrogen and oxygen atoms in total. The number of hydrogen-bond acceptors (Lipinski definition) is 3. The Labute approximate surface area is 147 Å². The molecule has 0 aliphatic rings. The van der Waals surface area contributed by atoms with Crippen molar-refractivity contribution in [3.05, 3.63) is 86.9 Å². The van der Waals surface area contributed by atoms with E-state index in [0.717, 1.165) is 0 Å². The Morgan fingerprint density at radius 2 is 1.67 bits per heavy atom. The monoisotopic (exact) mass is 334 g/mol. The van der Waals surface area contributed by atoms with Crippen molar-refractivity contribution in [3.8, 4) is 0 Å². The topological polar surface area (TPSA) is 15.3 Å². The number of nitrogens with one attached hydrogen (secondary N) is 1. The van der Waals surface area contributed by atoms with E-state index < -0.39 is 0 Å². The lowest BCUT2D eigenvalue weighted by Gasteiger charge is -2.13. The number of hydrogen-bond donors (Lipinski definition) is 1. The van der Waals surface area contributed by atoms with Gasteiger partial charge in [-0.2, -0.15) is 0 Å². The van der Waals surface area contributed by atoms with Gasteiger partial charge in [0, 0.05) is 43.5 Å². The van der Waals surface area contributed by atoms with E-state index in [1.165, 1.54) is 32.1 Å². The first kappa shape index (κ1) is 16.3. The maximum Gasteiger partial charge on any atom is 0.0361 e. The summed E-state index contributed by atoms with van der Waals surface area (Å²) in [5, 5.41) is 7.62. The van der Waals surface area contributed by atoms with Crippen LogP contribution in [-0.4, -0.2) is 21.1 Å². The van der Waals surface area contributed by atoms with Gasteiger partial charge in [0.1, 0.15) is 0 Å². The number of rotatable bonds is 4. The highest BCUT2D eigenvalue weighted by molar-refractivity contribution is 7.11. The third kappa shape index (κ3) is 3.52. The normalized spacial score (nSPS) is 10.3. The molecule has 0 aliphatic heterocycles. The van der Waals surface area contributed by atoms with Crippen LogP contribution in [0.3, 0.4) is 0 Å². The summed E-state index contributed by atoms with van der Waals surface area (Å²) in [6.45, 7) is 0. The van der Waals surface area contributed by atoms with Crippen molar-refractivity contribution in [2.45, 2.75) is 0 Å². The van der Waals surface area contributed by atoms with Crippen molar-refractivity contribution in [1.29, 1.82) is 0 Å². The van der Waals surface area contributed by atoms with Gasteiger partial charge in [-0.1, -0.05) is 42.5 Å². The van der Waals surface area contributed by atoms with E-state index in [1.807, 2.05) is 13.2 Å². The molecular weight excluding hydrogens is 312 g/mol. The second-order valence-corrected chi connectivity index (χ2v) is 6.80. The lowest BCUT2D eigenvalue weighted by atomic mass is 10.0. The Bertz CT molecular complexity index is 884. The van der Waals surface area contributed by atoms with E-state index in [4.69, 9.17) is 0 Å². The van der Waals surface area contributed by atoms with Crippen molar-refractivity contribution >= 4 is 28.8 Å². The number of benzene rings is 2. The largest absolute Gasteiger partial charge is 0.393 e. The van der Waals surface area contributed by atoms with E-state index in [-0.39, 0.29) is 0 Å². The third-order valence-electron chi connectivity index (χ3n) is 3.95. The molecule has 3 heteroatoms. The molecule has 122 valence electrons. The summed E-state index contributed by atoms with van der Waals surface area (Å²) >= 11 is 1.78. The molecule has 0 bridgehead atoms. The molecular formula is C21H22N2S. The molecule has 1 aromatic heterocycles. The quantitative estimate of drug-likeness (QED) is 0.789. The predicted octanol–water partition coefficient (Wildman–Crippen LogP) is 3.02. The SMILES string of the molecule is CNC=c1ccc(=C(c2ccc(N(C)C)cc2)c2cccs2)cc1. The Kier molecular flexibility index (Phi) is 5.02. The van der Waals surface area contributed by atoms with Gasteiger partial charge in [0.25, 0.3) is 0 Å². The Hall–Kier alpha value is -2.52. The van der Waals surface area contributed by atoms with Gasteiger partial charge >= 0.3 is 0 Å². The van der Waals surface area contributed by atoms with Crippen molar-refractivity contribution in [2.24, 2.45) is 0 Å². The molecule has 1 heterocycles. The van der Waals surface area contributed by atoms with E-state index in [2.05, 4.69) is 90.4 Å². The highest BCUT2D eigenvalue weighted by atomic mass is 32.1. The molecule has 2 aromatic carbocycles. The zero-order valence-electron chi connectivity index (χ0n) is 14.3. The molecule has 0 saturated carbocycles. The Morgan fingerprint density at radius 1 is 0.958 bits per heavy atom. The molecule has 3 rings (SSSR count). The molecule has 0 atom stereocenters. The molecule has 0 unspecified atom stereocenters. The average Bonchev–Trinajstić information content (AvgIpc) is 3.11. The fourth-order valence-corrected chi connectivity index (χ4v) is 3.53. The lowest BCUT2D eigenvalue weighted by Crippen LogP contribution is -2.14. The van der Waals surface area contributed by atoms with Crippen LogP contribution in [0.25, 0.3) is 11.8 Å². The fraction of sp³-hybridized carbons (Fsp3) is 0.143. The molecule has 0 fully saturated rings. The fourth-order valence-electron chi connectivity index (χ4n) is 2.71. The highest BCUT2D eigenvalue weighted by Crippen LogP contribution is 2.26. The Morgan fingerprint density at radius 3 is 2.21 bits per heavy atom. The average molecular weight is 334 g/mol. The first-order valence-electron chi connectivity index (χ1n) is 7.98. The van der Waals surface area contributed by atoms with Gasteiger partial charge in [0.05, 0.1) is 0 Å². The number of thiophene rings is 1. The third-order valence-corrected chi connectivity index (χ3v) is 4.84. The van der Waals surface area contributed by atoms with Gasteiger partial charge in [-0.05, 0) is 39.6 Å². The van der Waals surface area contributed by atoms with E-state index in [9.17, 15) is 0 Å². The minimum Gasteiger partial charge on any atom is -0.393 e. The van der Waals surface area contributed by atoms with E-state index in [0.29, 0.717) is 0 Å². The first-order valence-corrected chi connectivity index (χ1v) is 8.86. The van der Waals surface area contributed by atoms with Crippen LogP contribution in [0.1, 0.15) is 10.4 Å². The van der Waals surface area contributed by atoms with Crippen molar-refractivity contribution in [3.63, 3.8) is 0 Å². The van der Waals surface area contributed by atoms with Gasteiger partial charge in [-0.15, -0.1) is 11.3 Å². The van der Waals surface area contributed by atoms with Crippen LogP contribution < -0.4 is 20.7 Å². The smallest absolute Gasteiger partial charge is 0.0361 e. The van der Waals surface area contributed by atoms with Gasteiger partial charge in [0.2, 0.25) is 0 Å². The number of nitrogens with zero attached hydrogens (tertiary/aromatic N) is 1. The standard InChI is InChI=1S/C21H22N2S/c1-22-15-16-6-8-17(9-7-16)21(20-5-4-14-24-20)18-10-12-19(13-11-18)23(2)3/h4-15,22H,1-3H3. The van der Waals surface area contributed by atoms with Crippen LogP contribution in [-0.2, 0) is 0 Å². The molecule has 0 spiro atoms. The van der Waals surface area contributed by atoms with Crippen molar-refractivity contribution < 1.29 is 0 Å². The Balaban J connectivity index is 2.17. The van der Waals surface area contributed by atoms with Crippen LogP contribution in [0.15, 0.2) is 66.0 Å². The molecule has 3 aromatic rings. The van der Waals surface area contributed by atoms with Gasteiger partial charge < -0.3 is 10.2 Å². The number of anilines is 1. The highest BCUT2D eigenvalue weighted by Gasteiger charge is 2.08. The predicted molar refractivity (Wildman–Crippen MR) is 106 cm³/mol. The van der Waals surface area contributed by atoms with Crippen LogP contribution in [0, 0.1) is 0 Å². The summed E-state index contributed by atoms with van der Waals surface area (Å²) in [6, 6.07) is 21.7. The first-order chi connectivity index (χ1) is 11.7. The molecule has 0 aliphatic carbocycles. The second kappa shape index (κ2) is 7.37. The maximum atomic E-state index is 3.07.